The molecule has 118 valence electrons. The number of nitrogens with one attached hydrogen (secondary N) is 1. The highest BCUT2D eigenvalue weighted by Crippen LogP contribution is 2.12. The quantitative estimate of drug-likeness (QED) is 0.906. The molecule has 1 N–H and O–H groups in total. The molecule has 0 atom stereocenters. The average Bonchev–Trinajstić information content (AvgIpc) is 2.85. The monoisotopic (exact) mass is 322 g/mol. The first-order chi connectivity index (χ1) is 10.4. The number of carbonyl (C=O) groups is 1. The molecule has 2 rings (SSSR count). The molecule has 2 aromatic heterocycles. The van der Waals surface area contributed by atoms with Gasteiger partial charge >= 0.3 is 6.03 Å². The molecule has 0 saturated heterocycles. The zero-order valence-electron chi connectivity index (χ0n) is 12.9. The Kier molecular flexibility index (Phi) is 5.21. The van der Waals surface area contributed by atoms with Gasteiger partial charge in [-0.15, -0.1) is 20.4 Å². The molecule has 0 aliphatic rings. The number of urea groups is 1. The van der Waals surface area contributed by atoms with Crippen LogP contribution in [-0.2, 0) is 6.54 Å². The summed E-state index contributed by atoms with van der Waals surface area (Å²) in [5, 5.41) is 20.0. The van der Waals surface area contributed by atoms with E-state index in [1.165, 1.54) is 16.2 Å². The summed E-state index contributed by atoms with van der Waals surface area (Å²) in [5.74, 6) is 0.784. The first-order valence-corrected chi connectivity index (χ1v) is 7.57. The lowest BCUT2D eigenvalue weighted by molar-refractivity contribution is 0.220. The predicted octanol–water partition coefficient (Wildman–Crippen LogP) is 2.09. The smallest absolute Gasteiger partial charge is 0.323 e. The molecule has 8 nitrogen and oxygen atoms in total. The lowest BCUT2D eigenvalue weighted by Crippen LogP contribution is -2.31. The van der Waals surface area contributed by atoms with Crippen LogP contribution in [0.3, 0.4) is 0 Å². The molecule has 0 aromatic carbocycles. The molecule has 0 fully saturated rings. The Labute approximate surface area is 132 Å². The number of hydrogen-bond donors (Lipinski definition) is 1. The number of ether oxygens (including phenoxy) is 1. The molecular weight excluding hydrogens is 304 g/mol. The van der Waals surface area contributed by atoms with Crippen LogP contribution in [0.1, 0.15) is 23.9 Å². The van der Waals surface area contributed by atoms with Crippen LogP contribution in [0.4, 0.5) is 10.6 Å². The molecular formula is C13H18N6O2S. The van der Waals surface area contributed by atoms with Crippen molar-refractivity contribution in [3.8, 4) is 5.88 Å². The number of carbonyl (C=O) groups excluding carboxylic acids is 1. The van der Waals surface area contributed by atoms with Gasteiger partial charge in [0.15, 0.2) is 5.82 Å². The molecule has 22 heavy (non-hydrogen) atoms. The lowest BCUT2D eigenvalue weighted by Gasteiger charge is -2.15. The first kappa shape index (κ1) is 16.1. The van der Waals surface area contributed by atoms with E-state index in [4.69, 9.17) is 4.74 Å². The second-order valence-electron chi connectivity index (χ2n) is 4.92. The van der Waals surface area contributed by atoms with Crippen LogP contribution >= 0.6 is 11.3 Å². The maximum Gasteiger partial charge on any atom is 0.323 e. The van der Waals surface area contributed by atoms with Gasteiger partial charge in [0.05, 0.1) is 12.6 Å². The molecule has 0 unspecified atom stereocenters. The Hall–Kier alpha value is -2.29. The minimum absolute atomic E-state index is 0.0243. The maximum atomic E-state index is 12.1. The molecule has 0 bridgehead atoms. The van der Waals surface area contributed by atoms with Crippen LogP contribution in [0, 0.1) is 6.92 Å². The molecule has 0 saturated carbocycles. The summed E-state index contributed by atoms with van der Waals surface area (Å²) in [6.07, 6.45) is 0.0243. The number of nitrogens with zero attached hydrogens (tertiary/aromatic N) is 5. The van der Waals surface area contributed by atoms with Crippen LogP contribution in [-0.4, -0.2) is 44.5 Å². The largest absolute Gasteiger partial charge is 0.474 e. The average molecular weight is 322 g/mol. The Morgan fingerprint density at radius 1 is 1.32 bits per heavy atom. The fourth-order valence-electron chi connectivity index (χ4n) is 1.57. The number of rotatable bonds is 5. The van der Waals surface area contributed by atoms with E-state index < -0.39 is 0 Å². The minimum atomic E-state index is -0.292. The number of hydrogen-bond acceptors (Lipinski definition) is 7. The summed E-state index contributed by atoms with van der Waals surface area (Å²) in [6.45, 7) is 6.07. The number of aryl methyl sites for hydroxylation is 1. The van der Waals surface area contributed by atoms with Gasteiger partial charge < -0.3 is 9.64 Å². The third-order valence-electron chi connectivity index (χ3n) is 2.52. The fourth-order valence-corrected chi connectivity index (χ4v) is 2.33. The van der Waals surface area contributed by atoms with Gasteiger partial charge in [-0.05, 0) is 26.8 Å². The van der Waals surface area contributed by atoms with Gasteiger partial charge in [0.1, 0.15) is 10.0 Å². The summed E-state index contributed by atoms with van der Waals surface area (Å²) in [5.41, 5.74) is 0. The Morgan fingerprint density at radius 3 is 2.64 bits per heavy atom. The minimum Gasteiger partial charge on any atom is -0.474 e. The summed E-state index contributed by atoms with van der Waals surface area (Å²) < 4.78 is 5.39. The fraction of sp³-hybridized carbons (Fsp3) is 0.462. The van der Waals surface area contributed by atoms with Crippen LogP contribution in [0.25, 0.3) is 0 Å². The zero-order valence-corrected chi connectivity index (χ0v) is 13.7. The normalized spacial score (nSPS) is 10.6. The van der Waals surface area contributed by atoms with Gasteiger partial charge in [-0.3, -0.25) is 5.32 Å². The zero-order chi connectivity index (χ0) is 16.1. The topological polar surface area (TPSA) is 93.1 Å². The lowest BCUT2D eigenvalue weighted by atomic mass is 10.4. The van der Waals surface area contributed by atoms with Gasteiger partial charge in [-0.2, -0.15) is 0 Å². The van der Waals surface area contributed by atoms with Crippen molar-refractivity contribution in [2.75, 3.05) is 12.4 Å². The van der Waals surface area contributed by atoms with Crippen LogP contribution in [0.5, 0.6) is 5.88 Å². The summed E-state index contributed by atoms with van der Waals surface area (Å²) >= 11 is 1.46. The highest BCUT2D eigenvalue weighted by molar-refractivity contribution is 7.11. The summed E-state index contributed by atoms with van der Waals surface area (Å²) in [6, 6.07) is 3.02. The third-order valence-corrected chi connectivity index (χ3v) is 3.34. The second kappa shape index (κ2) is 7.12. The Morgan fingerprint density at radius 2 is 2.09 bits per heavy atom. The Balaban J connectivity index is 1.90. The number of amides is 2. The van der Waals surface area contributed by atoms with Crippen molar-refractivity contribution in [2.24, 2.45) is 0 Å². The molecule has 2 amide bonds. The van der Waals surface area contributed by atoms with E-state index in [9.17, 15) is 4.79 Å². The van der Waals surface area contributed by atoms with E-state index in [-0.39, 0.29) is 12.1 Å². The van der Waals surface area contributed by atoms with Gasteiger partial charge in [0.2, 0.25) is 5.88 Å². The van der Waals surface area contributed by atoms with Crippen molar-refractivity contribution in [2.45, 2.75) is 33.4 Å². The Bertz CT molecular complexity index is 628. The molecule has 9 heteroatoms. The van der Waals surface area contributed by atoms with E-state index in [0.717, 1.165) is 10.0 Å². The van der Waals surface area contributed by atoms with Crippen LogP contribution < -0.4 is 10.1 Å². The second-order valence-corrected chi connectivity index (χ2v) is 6.19. The van der Waals surface area contributed by atoms with Crippen molar-refractivity contribution in [1.82, 2.24) is 25.3 Å². The van der Waals surface area contributed by atoms with Crippen molar-refractivity contribution in [1.29, 1.82) is 0 Å². The van der Waals surface area contributed by atoms with E-state index in [2.05, 4.69) is 25.7 Å². The van der Waals surface area contributed by atoms with Crippen molar-refractivity contribution in [3.05, 3.63) is 22.1 Å². The summed E-state index contributed by atoms with van der Waals surface area (Å²) in [4.78, 5) is 13.6. The molecule has 2 heterocycles. The summed E-state index contributed by atoms with van der Waals surface area (Å²) in [7, 11) is 1.68. The van der Waals surface area contributed by atoms with Gasteiger partial charge in [-0.25, -0.2) is 4.79 Å². The molecule has 0 radical (unpaired) electrons. The van der Waals surface area contributed by atoms with E-state index >= 15 is 0 Å². The maximum absolute atomic E-state index is 12.1. The van der Waals surface area contributed by atoms with E-state index in [1.54, 1.807) is 19.2 Å². The van der Waals surface area contributed by atoms with Crippen molar-refractivity contribution < 1.29 is 9.53 Å². The van der Waals surface area contributed by atoms with Crippen LogP contribution in [0.15, 0.2) is 12.1 Å². The third kappa shape index (κ3) is 4.62. The van der Waals surface area contributed by atoms with Crippen LogP contribution in [0.2, 0.25) is 0 Å². The molecule has 2 aromatic rings. The number of aromatic nitrogens is 4. The highest BCUT2D eigenvalue weighted by Gasteiger charge is 2.13. The van der Waals surface area contributed by atoms with Gasteiger partial charge in [0, 0.05) is 13.1 Å². The number of anilines is 1. The van der Waals surface area contributed by atoms with Gasteiger partial charge in [0.25, 0.3) is 0 Å². The van der Waals surface area contributed by atoms with E-state index in [1.807, 2.05) is 20.8 Å². The molecule has 0 aliphatic heterocycles. The first-order valence-electron chi connectivity index (χ1n) is 6.75. The molecule has 0 spiro atoms. The standard InChI is InChI=1S/C13H18N6O2S/c1-8(2)21-11-6-5-10(16-17-11)14-13(20)19(4)7-12-18-15-9(3)22-12/h5-6,8H,7H2,1-4H3,(H,14,16,20). The highest BCUT2D eigenvalue weighted by atomic mass is 32.1. The SMILES string of the molecule is Cc1nnc(CN(C)C(=O)Nc2ccc(OC(C)C)nn2)s1. The van der Waals surface area contributed by atoms with Gasteiger partial charge in [-0.1, -0.05) is 11.3 Å². The predicted molar refractivity (Wildman–Crippen MR) is 82.9 cm³/mol. The van der Waals surface area contributed by atoms with E-state index in [0.29, 0.717) is 18.2 Å². The molecule has 0 aliphatic carbocycles. The van der Waals surface area contributed by atoms with Crippen molar-refractivity contribution in [3.63, 3.8) is 0 Å². The van der Waals surface area contributed by atoms with Crippen molar-refractivity contribution >= 4 is 23.2 Å².